The lowest BCUT2D eigenvalue weighted by Gasteiger charge is -2.10. The average Bonchev–Trinajstić information content (AvgIpc) is 3.33. The maximum absolute atomic E-state index is 12.7. The molecule has 0 aliphatic rings. The number of carbonyl (C=O) groups excluding carboxylic acids is 1. The summed E-state index contributed by atoms with van der Waals surface area (Å²) in [5.41, 5.74) is 6.70. The largest absolute Gasteiger partial charge is 0.456 e. The van der Waals surface area contributed by atoms with Crippen LogP contribution in [0.3, 0.4) is 0 Å². The van der Waals surface area contributed by atoms with E-state index in [-0.39, 0.29) is 11.7 Å². The van der Waals surface area contributed by atoms with Crippen LogP contribution in [-0.2, 0) is 6.42 Å². The predicted molar refractivity (Wildman–Crippen MR) is 122 cm³/mol. The van der Waals surface area contributed by atoms with Crippen molar-refractivity contribution in [3.8, 4) is 11.3 Å². The zero-order valence-corrected chi connectivity index (χ0v) is 18.6. The zero-order chi connectivity index (χ0) is 21.3. The summed E-state index contributed by atoms with van der Waals surface area (Å²) in [5.74, 6) is 1.08. The van der Waals surface area contributed by atoms with Crippen LogP contribution in [0.15, 0.2) is 63.5 Å². The van der Waals surface area contributed by atoms with Gasteiger partial charge in [-0.15, -0.1) is 0 Å². The molecule has 0 saturated heterocycles. The van der Waals surface area contributed by atoms with Crippen LogP contribution in [0.4, 0.5) is 5.82 Å². The van der Waals surface area contributed by atoms with Crippen molar-refractivity contribution in [2.45, 2.75) is 27.2 Å². The number of aromatic nitrogens is 2. The first-order valence-electron chi connectivity index (χ1n) is 9.68. The highest BCUT2D eigenvalue weighted by Crippen LogP contribution is 2.32. The summed E-state index contributed by atoms with van der Waals surface area (Å²) >= 11 is 3.52. The SMILES string of the molecule is Cc1cc(C)c(Cc2ccc(C(=O)Nc3n[nH]c(-c4ccccc4)c3Br)o2)c(C)c1. The van der Waals surface area contributed by atoms with E-state index in [1.807, 2.05) is 36.4 Å². The predicted octanol–water partition coefficient (Wildman–Crippen LogP) is 6.20. The van der Waals surface area contributed by atoms with Crippen molar-refractivity contribution >= 4 is 27.7 Å². The van der Waals surface area contributed by atoms with Gasteiger partial charge in [0.15, 0.2) is 11.6 Å². The minimum absolute atomic E-state index is 0.253. The van der Waals surface area contributed by atoms with Gasteiger partial charge in [0.25, 0.3) is 5.91 Å². The van der Waals surface area contributed by atoms with Gasteiger partial charge in [0.2, 0.25) is 0 Å². The molecule has 5 nitrogen and oxygen atoms in total. The summed E-state index contributed by atoms with van der Waals surface area (Å²) < 4.78 is 6.52. The molecule has 2 aromatic heterocycles. The van der Waals surface area contributed by atoms with Crippen molar-refractivity contribution < 1.29 is 9.21 Å². The first-order chi connectivity index (χ1) is 14.4. The molecule has 0 spiro atoms. The number of benzene rings is 2. The molecule has 2 heterocycles. The van der Waals surface area contributed by atoms with Crippen LogP contribution in [0.25, 0.3) is 11.3 Å². The Labute approximate surface area is 183 Å². The molecule has 0 saturated carbocycles. The van der Waals surface area contributed by atoms with Gasteiger partial charge in [-0.2, -0.15) is 5.10 Å². The van der Waals surface area contributed by atoms with Crippen molar-refractivity contribution in [3.63, 3.8) is 0 Å². The Kier molecular flexibility index (Phi) is 5.59. The molecule has 0 aliphatic heterocycles. The van der Waals surface area contributed by atoms with E-state index in [4.69, 9.17) is 4.42 Å². The van der Waals surface area contributed by atoms with E-state index >= 15 is 0 Å². The van der Waals surface area contributed by atoms with Crippen LogP contribution in [0.5, 0.6) is 0 Å². The molecular weight excluding hydrogens is 442 g/mol. The van der Waals surface area contributed by atoms with Crippen LogP contribution >= 0.6 is 15.9 Å². The number of nitrogens with zero attached hydrogens (tertiary/aromatic N) is 1. The smallest absolute Gasteiger partial charge is 0.292 e. The van der Waals surface area contributed by atoms with E-state index in [9.17, 15) is 4.79 Å². The third kappa shape index (κ3) is 4.09. The Hall–Kier alpha value is -3.12. The van der Waals surface area contributed by atoms with E-state index < -0.39 is 0 Å². The van der Waals surface area contributed by atoms with E-state index in [1.54, 1.807) is 6.07 Å². The molecule has 6 heteroatoms. The number of furan rings is 1. The molecule has 1 amide bonds. The molecule has 4 aromatic rings. The van der Waals surface area contributed by atoms with E-state index in [1.165, 1.54) is 22.3 Å². The Morgan fingerprint density at radius 2 is 1.77 bits per heavy atom. The fourth-order valence-electron chi connectivity index (χ4n) is 3.63. The summed E-state index contributed by atoms with van der Waals surface area (Å²) in [4.78, 5) is 12.7. The summed E-state index contributed by atoms with van der Waals surface area (Å²) in [6.45, 7) is 6.30. The summed E-state index contributed by atoms with van der Waals surface area (Å²) in [7, 11) is 0. The van der Waals surface area contributed by atoms with Crippen molar-refractivity contribution in [2.75, 3.05) is 5.32 Å². The topological polar surface area (TPSA) is 70.9 Å². The molecule has 0 unspecified atom stereocenters. The van der Waals surface area contributed by atoms with Gasteiger partial charge in [-0.1, -0.05) is 48.0 Å². The number of anilines is 1. The fourth-order valence-corrected chi connectivity index (χ4v) is 4.14. The maximum Gasteiger partial charge on any atom is 0.292 e. The molecule has 30 heavy (non-hydrogen) atoms. The molecular formula is C24H22BrN3O2. The minimum Gasteiger partial charge on any atom is -0.456 e. The summed E-state index contributed by atoms with van der Waals surface area (Å²) in [6, 6.07) is 17.7. The van der Waals surface area contributed by atoms with Gasteiger partial charge >= 0.3 is 0 Å². The van der Waals surface area contributed by atoms with Crippen LogP contribution in [-0.4, -0.2) is 16.1 Å². The first kappa shape index (κ1) is 20.2. The lowest BCUT2D eigenvalue weighted by atomic mass is 9.97. The number of nitrogens with one attached hydrogen (secondary N) is 2. The lowest BCUT2D eigenvalue weighted by Crippen LogP contribution is -2.11. The Morgan fingerprint density at radius 3 is 2.47 bits per heavy atom. The second-order valence-corrected chi connectivity index (χ2v) is 8.19. The molecule has 2 aromatic carbocycles. The lowest BCUT2D eigenvalue weighted by molar-refractivity contribution is 0.0994. The van der Waals surface area contributed by atoms with Gasteiger partial charge < -0.3 is 9.73 Å². The van der Waals surface area contributed by atoms with Crippen LogP contribution in [0.2, 0.25) is 0 Å². The zero-order valence-electron chi connectivity index (χ0n) is 17.0. The molecule has 0 aliphatic carbocycles. The number of aromatic amines is 1. The van der Waals surface area contributed by atoms with Gasteiger partial charge in [0, 0.05) is 12.0 Å². The second-order valence-electron chi connectivity index (χ2n) is 7.40. The highest BCUT2D eigenvalue weighted by atomic mass is 79.9. The van der Waals surface area contributed by atoms with E-state index in [0.29, 0.717) is 16.7 Å². The fraction of sp³-hybridized carbons (Fsp3) is 0.167. The van der Waals surface area contributed by atoms with Gasteiger partial charge in [-0.25, -0.2) is 0 Å². The molecule has 0 radical (unpaired) electrons. The molecule has 0 atom stereocenters. The van der Waals surface area contributed by atoms with Crippen molar-refractivity contribution in [3.05, 3.63) is 92.8 Å². The number of hydrogen-bond acceptors (Lipinski definition) is 3. The molecule has 4 rings (SSSR count). The number of aryl methyl sites for hydroxylation is 3. The van der Waals surface area contributed by atoms with Gasteiger partial charge in [0.05, 0.1) is 10.2 Å². The Bertz CT molecular complexity index is 1190. The second kappa shape index (κ2) is 8.32. The number of H-pyrrole nitrogens is 1. The van der Waals surface area contributed by atoms with E-state index in [2.05, 4.69) is 64.3 Å². The van der Waals surface area contributed by atoms with Crippen molar-refractivity contribution in [1.29, 1.82) is 0 Å². The summed E-state index contributed by atoms with van der Waals surface area (Å²) in [6.07, 6.45) is 0.648. The number of hydrogen-bond donors (Lipinski definition) is 2. The van der Waals surface area contributed by atoms with Crippen molar-refractivity contribution in [2.24, 2.45) is 0 Å². The third-order valence-electron chi connectivity index (χ3n) is 5.08. The molecule has 152 valence electrons. The maximum atomic E-state index is 12.7. The monoisotopic (exact) mass is 463 g/mol. The number of amides is 1. The van der Waals surface area contributed by atoms with E-state index in [0.717, 1.165) is 17.0 Å². The highest BCUT2D eigenvalue weighted by molar-refractivity contribution is 9.10. The normalized spacial score (nSPS) is 10.9. The molecule has 0 fully saturated rings. The highest BCUT2D eigenvalue weighted by Gasteiger charge is 2.18. The molecule has 0 bridgehead atoms. The van der Waals surface area contributed by atoms with Crippen LogP contribution in [0, 0.1) is 20.8 Å². The number of halogens is 1. The average molecular weight is 464 g/mol. The minimum atomic E-state index is -0.342. The number of rotatable bonds is 5. The Morgan fingerprint density at radius 1 is 1.07 bits per heavy atom. The van der Waals surface area contributed by atoms with Crippen LogP contribution < -0.4 is 5.32 Å². The van der Waals surface area contributed by atoms with Gasteiger partial charge in [0.1, 0.15) is 5.76 Å². The first-order valence-corrected chi connectivity index (χ1v) is 10.5. The summed E-state index contributed by atoms with van der Waals surface area (Å²) in [5, 5.41) is 9.98. The molecule has 2 N–H and O–H groups in total. The number of carbonyl (C=O) groups is 1. The van der Waals surface area contributed by atoms with Gasteiger partial charge in [-0.05, 0) is 65.5 Å². The van der Waals surface area contributed by atoms with Crippen molar-refractivity contribution in [1.82, 2.24) is 10.2 Å². The van der Waals surface area contributed by atoms with Gasteiger partial charge in [-0.3, -0.25) is 9.89 Å². The quantitative estimate of drug-likeness (QED) is 0.370. The third-order valence-corrected chi connectivity index (χ3v) is 5.85. The van der Waals surface area contributed by atoms with Crippen LogP contribution in [0.1, 0.15) is 38.6 Å². The standard InChI is InChI=1S/C24H22BrN3O2/c1-14-11-15(2)19(16(3)12-14)13-18-9-10-20(30-18)24(29)26-23-21(25)22(27-28-23)17-7-5-4-6-8-17/h4-12H,13H2,1-3H3,(H2,26,27,28,29). The Balaban J connectivity index is 1.50.